The molecule has 0 aliphatic rings. The van der Waals surface area contributed by atoms with Crippen molar-refractivity contribution >= 4 is 29.1 Å². The van der Waals surface area contributed by atoms with Crippen LogP contribution in [0.25, 0.3) is 0 Å². The number of alkyl halides is 1. The Kier molecular flexibility index (Phi) is 3.68. The van der Waals surface area contributed by atoms with Crippen molar-refractivity contribution in [3.8, 4) is 0 Å². The molecule has 3 N–H and O–H groups in total. The standard InChI is InChI=1S/C10H11ClN2O2/c1-6(14)13-8-4-2-7(3-5-8)9(11)10(12)15/h2-5,9H,1H3,(H2,12,15)(H,13,14). The maximum Gasteiger partial charge on any atom is 0.240 e. The lowest BCUT2D eigenvalue weighted by Gasteiger charge is -2.07. The average molecular weight is 227 g/mol. The van der Waals surface area contributed by atoms with E-state index in [1.165, 1.54) is 6.92 Å². The van der Waals surface area contributed by atoms with Gasteiger partial charge in [-0.05, 0) is 17.7 Å². The number of anilines is 1. The molecular weight excluding hydrogens is 216 g/mol. The van der Waals surface area contributed by atoms with Gasteiger partial charge in [0.05, 0.1) is 0 Å². The molecule has 0 aliphatic heterocycles. The third kappa shape index (κ3) is 3.25. The molecule has 0 spiro atoms. The Morgan fingerprint density at radius 3 is 2.27 bits per heavy atom. The average Bonchev–Trinajstić information content (AvgIpc) is 2.17. The fourth-order valence-corrected chi connectivity index (χ4v) is 1.25. The van der Waals surface area contributed by atoms with Gasteiger partial charge < -0.3 is 11.1 Å². The van der Waals surface area contributed by atoms with Crippen LogP contribution >= 0.6 is 11.6 Å². The number of benzene rings is 1. The molecule has 15 heavy (non-hydrogen) atoms. The number of carbonyl (C=O) groups excluding carboxylic acids is 2. The molecule has 80 valence electrons. The minimum Gasteiger partial charge on any atom is -0.368 e. The number of nitrogens with one attached hydrogen (secondary N) is 1. The van der Waals surface area contributed by atoms with Crippen LogP contribution in [-0.2, 0) is 9.59 Å². The van der Waals surface area contributed by atoms with Gasteiger partial charge in [0.2, 0.25) is 11.8 Å². The van der Waals surface area contributed by atoms with E-state index in [0.29, 0.717) is 11.3 Å². The van der Waals surface area contributed by atoms with E-state index in [1.807, 2.05) is 0 Å². The van der Waals surface area contributed by atoms with Crippen molar-refractivity contribution in [2.75, 3.05) is 5.32 Å². The molecule has 1 atom stereocenters. The number of hydrogen-bond donors (Lipinski definition) is 2. The van der Waals surface area contributed by atoms with E-state index in [-0.39, 0.29) is 5.91 Å². The molecule has 1 unspecified atom stereocenters. The first-order valence-electron chi connectivity index (χ1n) is 4.31. The van der Waals surface area contributed by atoms with Gasteiger partial charge in [-0.3, -0.25) is 9.59 Å². The number of amides is 2. The van der Waals surface area contributed by atoms with Gasteiger partial charge in [-0.15, -0.1) is 11.6 Å². The zero-order valence-electron chi connectivity index (χ0n) is 8.16. The van der Waals surface area contributed by atoms with E-state index in [9.17, 15) is 9.59 Å². The van der Waals surface area contributed by atoms with E-state index in [1.54, 1.807) is 24.3 Å². The maximum atomic E-state index is 10.8. The molecule has 2 amide bonds. The van der Waals surface area contributed by atoms with Crippen LogP contribution in [0.3, 0.4) is 0 Å². The third-order valence-electron chi connectivity index (χ3n) is 1.77. The summed E-state index contributed by atoms with van der Waals surface area (Å²) in [5, 5.41) is 1.77. The monoisotopic (exact) mass is 226 g/mol. The lowest BCUT2D eigenvalue weighted by molar-refractivity contribution is -0.118. The highest BCUT2D eigenvalue weighted by Gasteiger charge is 2.13. The van der Waals surface area contributed by atoms with Gasteiger partial charge in [0.25, 0.3) is 0 Å². The van der Waals surface area contributed by atoms with Crippen molar-refractivity contribution in [2.45, 2.75) is 12.3 Å². The number of nitrogens with two attached hydrogens (primary N) is 1. The van der Waals surface area contributed by atoms with Crippen LogP contribution in [0.5, 0.6) is 0 Å². The second kappa shape index (κ2) is 4.79. The lowest BCUT2D eigenvalue weighted by Crippen LogP contribution is -2.17. The third-order valence-corrected chi connectivity index (χ3v) is 2.24. The number of halogens is 1. The Labute approximate surface area is 92.4 Å². The molecule has 0 radical (unpaired) electrons. The molecule has 1 aromatic carbocycles. The first kappa shape index (κ1) is 11.5. The number of hydrogen-bond acceptors (Lipinski definition) is 2. The molecule has 0 bridgehead atoms. The summed E-state index contributed by atoms with van der Waals surface area (Å²) in [5.74, 6) is -0.746. The highest BCUT2D eigenvalue weighted by molar-refractivity contribution is 6.30. The minimum absolute atomic E-state index is 0.153. The Bertz CT molecular complexity index is 376. The van der Waals surface area contributed by atoms with Crippen LogP contribution in [0.2, 0.25) is 0 Å². The summed E-state index contributed by atoms with van der Waals surface area (Å²) in [6.07, 6.45) is 0. The van der Waals surface area contributed by atoms with Gasteiger partial charge >= 0.3 is 0 Å². The number of rotatable bonds is 3. The summed E-state index contributed by atoms with van der Waals surface area (Å²) in [6.45, 7) is 1.42. The number of primary amides is 1. The highest BCUT2D eigenvalue weighted by atomic mass is 35.5. The van der Waals surface area contributed by atoms with Crippen LogP contribution < -0.4 is 11.1 Å². The van der Waals surface area contributed by atoms with Crippen molar-refractivity contribution < 1.29 is 9.59 Å². The molecule has 0 saturated carbocycles. The fourth-order valence-electron chi connectivity index (χ4n) is 1.10. The highest BCUT2D eigenvalue weighted by Crippen LogP contribution is 2.21. The van der Waals surface area contributed by atoms with Gasteiger partial charge in [0, 0.05) is 12.6 Å². The molecule has 0 aliphatic carbocycles. The van der Waals surface area contributed by atoms with Crippen LogP contribution in [0, 0.1) is 0 Å². The van der Waals surface area contributed by atoms with Crippen molar-refractivity contribution in [2.24, 2.45) is 5.73 Å². The molecule has 0 saturated heterocycles. The van der Waals surface area contributed by atoms with E-state index >= 15 is 0 Å². The molecule has 0 aromatic heterocycles. The second-order valence-electron chi connectivity index (χ2n) is 3.07. The summed E-state index contributed by atoms with van der Waals surface area (Å²) in [5.41, 5.74) is 6.31. The van der Waals surface area contributed by atoms with Gasteiger partial charge in [0.15, 0.2) is 0 Å². The maximum absolute atomic E-state index is 10.8. The normalized spacial score (nSPS) is 11.9. The summed E-state index contributed by atoms with van der Waals surface area (Å²) < 4.78 is 0. The largest absolute Gasteiger partial charge is 0.368 e. The molecule has 1 aromatic rings. The molecule has 4 nitrogen and oxygen atoms in total. The summed E-state index contributed by atoms with van der Waals surface area (Å²) >= 11 is 5.74. The topological polar surface area (TPSA) is 72.2 Å². The molecule has 1 rings (SSSR count). The van der Waals surface area contributed by atoms with E-state index in [2.05, 4.69) is 5.32 Å². The van der Waals surface area contributed by atoms with Crippen LogP contribution in [0.4, 0.5) is 5.69 Å². The van der Waals surface area contributed by atoms with Crippen LogP contribution in [0.1, 0.15) is 17.9 Å². The van der Waals surface area contributed by atoms with E-state index in [0.717, 1.165) is 0 Å². The van der Waals surface area contributed by atoms with Gasteiger partial charge in [-0.25, -0.2) is 0 Å². The molecule has 0 heterocycles. The van der Waals surface area contributed by atoms with Gasteiger partial charge in [0.1, 0.15) is 5.38 Å². The summed E-state index contributed by atoms with van der Waals surface area (Å²) in [4.78, 5) is 21.5. The molecular formula is C10H11ClN2O2. The van der Waals surface area contributed by atoms with Crippen molar-refractivity contribution in [1.29, 1.82) is 0 Å². The predicted molar refractivity (Wildman–Crippen MR) is 58.5 cm³/mol. The Hall–Kier alpha value is -1.55. The quantitative estimate of drug-likeness (QED) is 0.765. The van der Waals surface area contributed by atoms with Gasteiger partial charge in [-0.2, -0.15) is 0 Å². The smallest absolute Gasteiger partial charge is 0.240 e. The predicted octanol–water partition coefficient (Wildman–Crippen LogP) is 1.41. The summed E-state index contributed by atoms with van der Waals surface area (Å²) in [6, 6.07) is 6.62. The minimum atomic E-state index is -0.837. The first-order chi connectivity index (χ1) is 7.00. The zero-order valence-corrected chi connectivity index (χ0v) is 8.91. The molecule has 5 heteroatoms. The Morgan fingerprint density at radius 1 is 1.33 bits per heavy atom. The zero-order chi connectivity index (χ0) is 11.4. The second-order valence-corrected chi connectivity index (χ2v) is 3.50. The lowest BCUT2D eigenvalue weighted by atomic mass is 10.1. The van der Waals surface area contributed by atoms with Gasteiger partial charge in [-0.1, -0.05) is 12.1 Å². The first-order valence-corrected chi connectivity index (χ1v) is 4.75. The van der Waals surface area contributed by atoms with Crippen molar-refractivity contribution in [3.63, 3.8) is 0 Å². The molecule has 0 fully saturated rings. The van der Waals surface area contributed by atoms with E-state index < -0.39 is 11.3 Å². The SMILES string of the molecule is CC(=O)Nc1ccc(C(Cl)C(N)=O)cc1. The Balaban J connectivity index is 2.80. The van der Waals surface area contributed by atoms with Crippen LogP contribution in [0.15, 0.2) is 24.3 Å². The fraction of sp³-hybridized carbons (Fsp3) is 0.200. The number of carbonyl (C=O) groups is 2. The van der Waals surface area contributed by atoms with Crippen molar-refractivity contribution in [3.05, 3.63) is 29.8 Å². The van der Waals surface area contributed by atoms with Crippen LogP contribution in [-0.4, -0.2) is 11.8 Å². The summed E-state index contributed by atoms with van der Waals surface area (Å²) in [7, 11) is 0. The Morgan fingerprint density at radius 2 is 1.87 bits per heavy atom. The van der Waals surface area contributed by atoms with Crippen molar-refractivity contribution in [1.82, 2.24) is 0 Å². The van der Waals surface area contributed by atoms with E-state index in [4.69, 9.17) is 17.3 Å².